The van der Waals surface area contributed by atoms with Crippen LogP contribution in [0.3, 0.4) is 0 Å². The van der Waals surface area contributed by atoms with E-state index in [9.17, 15) is 18.0 Å². The van der Waals surface area contributed by atoms with E-state index >= 15 is 0 Å². The molecule has 0 saturated carbocycles. The number of nitrogens with zero attached hydrogens (tertiary/aromatic N) is 3. The third-order valence-corrected chi connectivity index (χ3v) is 5.64. The lowest BCUT2D eigenvalue weighted by Gasteiger charge is -2.13. The van der Waals surface area contributed by atoms with Crippen molar-refractivity contribution in [3.8, 4) is 11.6 Å². The van der Waals surface area contributed by atoms with Gasteiger partial charge in [0.05, 0.1) is 11.1 Å². The van der Waals surface area contributed by atoms with Crippen molar-refractivity contribution in [2.24, 2.45) is 4.99 Å². The fraction of sp³-hybridized carbons (Fsp3) is 0.154. The van der Waals surface area contributed by atoms with Crippen molar-refractivity contribution in [3.63, 3.8) is 0 Å². The Morgan fingerprint density at radius 3 is 2.75 bits per heavy atom. The maximum absolute atomic E-state index is 13.0. The number of hydrogen-bond acceptors (Lipinski definition) is 5. The number of carbonyl (C=O) groups excluding carboxylic acids is 1. The van der Waals surface area contributed by atoms with Crippen molar-refractivity contribution in [3.05, 3.63) is 83.4 Å². The van der Waals surface area contributed by atoms with Gasteiger partial charge in [-0.15, -0.1) is 0 Å². The van der Waals surface area contributed by atoms with Gasteiger partial charge in [-0.2, -0.15) is 18.2 Å². The second kappa shape index (κ2) is 9.29. The van der Waals surface area contributed by atoms with Crippen LogP contribution in [0.5, 0.6) is 11.6 Å². The molecule has 2 aromatic heterocycles. The number of H-pyrrole nitrogens is 1. The van der Waals surface area contributed by atoms with Crippen LogP contribution in [0.15, 0.2) is 65.9 Å². The quantitative estimate of drug-likeness (QED) is 0.332. The summed E-state index contributed by atoms with van der Waals surface area (Å²) in [4.78, 5) is 29.3. The van der Waals surface area contributed by atoms with Gasteiger partial charge in [0.25, 0.3) is 5.91 Å². The molecular weight excluding hydrogens is 471 g/mol. The average molecular weight is 491 g/mol. The van der Waals surface area contributed by atoms with E-state index in [1.807, 2.05) is 19.2 Å². The van der Waals surface area contributed by atoms with Crippen molar-refractivity contribution in [2.45, 2.75) is 25.9 Å². The van der Waals surface area contributed by atoms with Gasteiger partial charge >= 0.3 is 6.18 Å². The summed E-state index contributed by atoms with van der Waals surface area (Å²) in [6.07, 6.45) is 2.32. The number of halogens is 3. The third-order valence-electron chi connectivity index (χ3n) is 5.64. The highest BCUT2D eigenvalue weighted by molar-refractivity contribution is 6.04. The number of carbonyl (C=O) groups is 1. The Bertz CT molecular complexity index is 1520. The summed E-state index contributed by atoms with van der Waals surface area (Å²) in [5, 5.41) is 2.51. The molecule has 7 nitrogen and oxygen atoms in total. The highest BCUT2D eigenvalue weighted by Crippen LogP contribution is 2.33. The van der Waals surface area contributed by atoms with Crippen LogP contribution < -0.4 is 10.1 Å². The van der Waals surface area contributed by atoms with Gasteiger partial charge in [-0.3, -0.25) is 9.79 Å². The topological polar surface area (TPSA) is 92.3 Å². The molecule has 0 saturated heterocycles. The van der Waals surface area contributed by atoms with Crippen LogP contribution in [0.25, 0.3) is 16.6 Å². The van der Waals surface area contributed by atoms with E-state index in [0.29, 0.717) is 22.6 Å². The van der Waals surface area contributed by atoms with E-state index < -0.39 is 17.6 Å². The summed E-state index contributed by atoms with van der Waals surface area (Å²) in [7, 11) is 0. The Kier molecular flexibility index (Phi) is 6.01. The number of allylic oxidation sites excluding steroid dienone is 1. The number of alkyl halides is 3. The lowest BCUT2D eigenvalue weighted by molar-refractivity contribution is -0.137. The lowest BCUT2D eigenvalue weighted by Crippen LogP contribution is -2.13. The molecule has 0 fully saturated rings. The van der Waals surface area contributed by atoms with Crippen LogP contribution in [0.4, 0.5) is 18.9 Å². The van der Waals surface area contributed by atoms with Crippen molar-refractivity contribution in [1.29, 1.82) is 0 Å². The summed E-state index contributed by atoms with van der Waals surface area (Å²) in [5.74, 6) is 0.597. The standard InChI is InChI=1S/C26H20F3N5O2/c1-15-7-8-16(24(35)32-19-6-2-5-18(13-19)26(27,28)29)12-21(15)36-25-22-20(9-11-31-22)33-23(34-25)17-4-3-10-30-14-17/h2,5-14,31H,3-4H2,1H3,(H,32,35). The van der Waals surface area contributed by atoms with Crippen molar-refractivity contribution in [1.82, 2.24) is 15.0 Å². The normalized spacial score (nSPS) is 13.5. The van der Waals surface area contributed by atoms with Gasteiger partial charge in [0.2, 0.25) is 5.88 Å². The first kappa shape index (κ1) is 23.3. The first-order chi connectivity index (χ1) is 17.3. The van der Waals surface area contributed by atoms with E-state index in [1.165, 1.54) is 18.2 Å². The van der Waals surface area contributed by atoms with Crippen LogP contribution in [-0.2, 0) is 6.18 Å². The maximum Gasteiger partial charge on any atom is 0.416 e. The van der Waals surface area contributed by atoms with Gasteiger partial charge in [0, 0.05) is 35.4 Å². The minimum atomic E-state index is -4.51. The zero-order chi connectivity index (χ0) is 25.3. The Morgan fingerprint density at radius 2 is 1.97 bits per heavy atom. The van der Waals surface area contributed by atoms with Crippen molar-refractivity contribution in [2.75, 3.05) is 5.32 Å². The number of aromatic nitrogens is 3. The number of benzene rings is 2. The number of aliphatic imine (C=N–C) groups is 1. The molecule has 0 bridgehead atoms. The molecule has 2 aromatic carbocycles. The number of rotatable bonds is 5. The fourth-order valence-electron chi connectivity index (χ4n) is 3.74. The SMILES string of the molecule is Cc1ccc(C(=O)Nc2cccc(C(F)(F)F)c2)cc1Oc1nc(C2=CN=CCC2)nc2cc[nH]c12. The first-order valence-electron chi connectivity index (χ1n) is 11.1. The van der Waals surface area contributed by atoms with Gasteiger partial charge in [-0.05, 0) is 61.7 Å². The van der Waals surface area contributed by atoms with Crippen molar-refractivity contribution >= 4 is 34.4 Å². The monoisotopic (exact) mass is 491 g/mol. The van der Waals surface area contributed by atoms with Gasteiger partial charge in [-0.25, -0.2) is 4.98 Å². The van der Waals surface area contributed by atoms with Gasteiger partial charge < -0.3 is 15.0 Å². The smallest absolute Gasteiger partial charge is 0.416 e. The minimum Gasteiger partial charge on any atom is -0.437 e. The second-order valence-corrected chi connectivity index (χ2v) is 8.23. The maximum atomic E-state index is 13.0. The summed E-state index contributed by atoms with van der Waals surface area (Å²) >= 11 is 0. The Balaban J connectivity index is 1.44. The number of amides is 1. The first-order valence-corrected chi connectivity index (χ1v) is 11.1. The van der Waals surface area contributed by atoms with Gasteiger partial charge in [0.1, 0.15) is 11.3 Å². The van der Waals surface area contributed by atoms with Crippen LogP contribution in [-0.4, -0.2) is 27.1 Å². The highest BCUT2D eigenvalue weighted by atomic mass is 19.4. The minimum absolute atomic E-state index is 0.0369. The summed E-state index contributed by atoms with van der Waals surface area (Å²) in [6, 6.07) is 11.1. The average Bonchev–Trinajstić information content (AvgIpc) is 3.35. The van der Waals surface area contributed by atoms with E-state index in [2.05, 4.69) is 25.3 Å². The number of fused-ring (bicyclic) bond motifs is 1. The van der Waals surface area contributed by atoms with Crippen LogP contribution in [0, 0.1) is 6.92 Å². The third kappa shape index (κ3) is 4.83. The molecule has 0 atom stereocenters. The van der Waals surface area contributed by atoms with Crippen LogP contribution >= 0.6 is 0 Å². The summed E-state index contributed by atoms with van der Waals surface area (Å²) < 4.78 is 45.2. The number of aryl methyl sites for hydroxylation is 1. The lowest BCUT2D eigenvalue weighted by atomic mass is 10.1. The summed E-state index contributed by atoms with van der Waals surface area (Å²) in [5.41, 5.74) is 2.30. The molecule has 4 aromatic rings. The molecule has 1 aliphatic heterocycles. The molecule has 0 unspecified atom stereocenters. The molecule has 0 radical (unpaired) electrons. The van der Waals surface area contributed by atoms with E-state index in [1.54, 1.807) is 24.5 Å². The van der Waals surface area contributed by atoms with E-state index in [-0.39, 0.29) is 17.1 Å². The van der Waals surface area contributed by atoms with Crippen LogP contribution in [0.1, 0.15) is 40.2 Å². The van der Waals surface area contributed by atoms with Gasteiger partial charge in [-0.1, -0.05) is 12.1 Å². The molecule has 182 valence electrons. The largest absolute Gasteiger partial charge is 0.437 e. The molecular formula is C26H20F3N5O2. The number of anilines is 1. The van der Waals surface area contributed by atoms with Crippen molar-refractivity contribution < 1.29 is 22.7 Å². The predicted octanol–water partition coefficient (Wildman–Crippen LogP) is 6.54. The fourth-order valence-corrected chi connectivity index (χ4v) is 3.74. The molecule has 3 heterocycles. The predicted molar refractivity (Wildman–Crippen MR) is 130 cm³/mol. The number of nitrogens with one attached hydrogen (secondary N) is 2. The molecule has 36 heavy (non-hydrogen) atoms. The number of hydrogen-bond donors (Lipinski definition) is 2. The second-order valence-electron chi connectivity index (χ2n) is 8.23. The Hall–Kier alpha value is -4.47. The molecule has 5 rings (SSSR count). The molecule has 1 aliphatic rings. The molecule has 0 spiro atoms. The highest BCUT2D eigenvalue weighted by Gasteiger charge is 2.30. The zero-order valence-electron chi connectivity index (χ0n) is 19.1. The Morgan fingerprint density at radius 1 is 1.11 bits per heavy atom. The number of ether oxygens (including phenoxy) is 1. The molecule has 2 N–H and O–H groups in total. The summed E-state index contributed by atoms with van der Waals surface area (Å²) in [6.45, 7) is 1.82. The molecule has 1 amide bonds. The van der Waals surface area contributed by atoms with Crippen LogP contribution in [0.2, 0.25) is 0 Å². The zero-order valence-corrected chi connectivity index (χ0v) is 19.1. The Labute approximate surface area is 203 Å². The molecule has 0 aliphatic carbocycles. The van der Waals surface area contributed by atoms with E-state index in [0.717, 1.165) is 36.1 Å². The van der Waals surface area contributed by atoms with E-state index in [4.69, 9.17) is 4.74 Å². The molecule has 10 heteroatoms. The number of aromatic amines is 1. The van der Waals surface area contributed by atoms with Gasteiger partial charge in [0.15, 0.2) is 5.82 Å².